The number of furan rings is 1. The van der Waals surface area contributed by atoms with Crippen molar-refractivity contribution < 1.29 is 18.8 Å². The van der Waals surface area contributed by atoms with Gasteiger partial charge in [-0.2, -0.15) is 0 Å². The molecule has 1 aliphatic rings. The van der Waals surface area contributed by atoms with E-state index in [0.717, 1.165) is 0 Å². The van der Waals surface area contributed by atoms with E-state index >= 15 is 0 Å². The normalized spacial score (nSPS) is 15.6. The van der Waals surface area contributed by atoms with Crippen molar-refractivity contribution in [3.05, 3.63) is 60.1 Å². The molecule has 2 heterocycles. The number of carbonyl (C=O) groups excluding carboxylic acids is 3. The molecule has 1 fully saturated rings. The molecule has 1 saturated heterocycles. The van der Waals surface area contributed by atoms with Crippen LogP contribution in [0.2, 0.25) is 0 Å². The summed E-state index contributed by atoms with van der Waals surface area (Å²) in [4.78, 5) is 39.4. The molecule has 7 heteroatoms. The van der Waals surface area contributed by atoms with Crippen LogP contribution < -0.4 is 10.6 Å². The molecular formula is C22H27N3O4. The summed E-state index contributed by atoms with van der Waals surface area (Å²) in [6, 6.07) is 11.7. The lowest BCUT2D eigenvalue weighted by molar-refractivity contribution is -0.132. The van der Waals surface area contributed by atoms with Crippen molar-refractivity contribution in [1.82, 2.24) is 15.5 Å². The molecule has 0 unspecified atom stereocenters. The largest absolute Gasteiger partial charge is 0.467 e. The van der Waals surface area contributed by atoms with E-state index in [1.54, 1.807) is 42.7 Å². The Morgan fingerprint density at radius 2 is 1.83 bits per heavy atom. The Hall–Kier alpha value is -3.09. The van der Waals surface area contributed by atoms with Crippen LogP contribution in [0.5, 0.6) is 0 Å². The number of nitrogens with zero attached hydrogens (tertiary/aromatic N) is 1. The summed E-state index contributed by atoms with van der Waals surface area (Å²) >= 11 is 0. The number of rotatable bonds is 7. The summed E-state index contributed by atoms with van der Waals surface area (Å²) < 4.78 is 5.27. The van der Waals surface area contributed by atoms with Crippen LogP contribution in [-0.2, 0) is 16.1 Å². The molecule has 0 spiro atoms. The Morgan fingerprint density at radius 3 is 2.45 bits per heavy atom. The molecule has 2 N–H and O–H groups in total. The fraction of sp³-hybridized carbons (Fsp3) is 0.409. The Morgan fingerprint density at radius 1 is 1.10 bits per heavy atom. The van der Waals surface area contributed by atoms with Gasteiger partial charge in [-0.15, -0.1) is 0 Å². The highest BCUT2D eigenvalue weighted by Gasteiger charge is 2.33. The minimum Gasteiger partial charge on any atom is -0.467 e. The summed E-state index contributed by atoms with van der Waals surface area (Å²) in [5.74, 6) is 0.201. The second kappa shape index (κ2) is 9.91. The lowest BCUT2D eigenvalue weighted by atomic mass is 9.88. The number of carbonyl (C=O) groups is 3. The topological polar surface area (TPSA) is 91.7 Å². The van der Waals surface area contributed by atoms with Gasteiger partial charge in [0.15, 0.2) is 0 Å². The second-order valence-corrected chi connectivity index (χ2v) is 7.19. The maximum atomic E-state index is 12.9. The van der Waals surface area contributed by atoms with Crippen molar-refractivity contribution in [2.75, 3.05) is 13.1 Å². The van der Waals surface area contributed by atoms with Gasteiger partial charge in [-0.05, 0) is 43.0 Å². The highest BCUT2D eigenvalue weighted by Crippen LogP contribution is 2.22. The Labute approximate surface area is 170 Å². The first-order chi connectivity index (χ1) is 14.1. The Balaban J connectivity index is 1.68. The van der Waals surface area contributed by atoms with Gasteiger partial charge in [0.25, 0.3) is 5.91 Å². The third-order valence-electron chi connectivity index (χ3n) is 5.29. The average molecular weight is 397 g/mol. The molecule has 1 aromatic carbocycles. The van der Waals surface area contributed by atoms with Gasteiger partial charge in [-0.1, -0.05) is 25.1 Å². The van der Waals surface area contributed by atoms with E-state index in [4.69, 9.17) is 4.42 Å². The van der Waals surface area contributed by atoms with E-state index in [1.165, 1.54) is 0 Å². The summed E-state index contributed by atoms with van der Waals surface area (Å²) in [5, 5.41) is 5.76. The SMILES string of the molecule is CCC(=O)N1CCC([C@H](NC(=O)c2ccccc2)C(=O)NCc2ccco2)CC1. The summed E-state index contributed by atoms with van der Waals surface area (Å²) in [6.07, 6.45) is 3.36. The number of nitrogens with one attached hydrogen (secondary N) is 2. The highest BCUT2D eigenvalue weighted by atomic mass is 16.3. The molecule has 0 saturated carbocycles. The first-order valence-corrected chi connectivity index (χ1v) is 10.0. The van der Waals surface area contributed by atoms with Crippen molar-refractivity contribution in [2.45, 2.75) is 38.8 Å². The third-order valence-corrected chi connectivity index (χ3v) is 5.29. The zero-order valence-corrected chi connectivity index (χ0v) is 16.6. The third kappa shape index (κ3) is 5.47. The number of benzene rings is 1. The molecule has 29 heavy (non-hydrogen) atoms. The smallest absolute Gasteiger partial charge is 0.251 e. The van der Waals surface area contributed by atoms with E-state index in [-0.39, 0.29) is 30.2 Å². The maximum Gasteiger partial charge on any atom is 0.251 e. The van der Waals surface area contributed by atoms with Gasteiger partial charge in [0, 0.05) is 25.1 Å². The Bertz CT molecular complexity index is 812. The zero-order valence-electron chi connectivity index (χ0n) is 16.6. The molecule has 7 nitrogen and oxygen atoms in total. The molecule has 1 aliphatic heterocycles. The predicted octanol–water partition coefficient (Wildman–Crippen LogP) is 2.34. The first kappa shape index (κ1) is 20.6. The number of likely N-dealkylation sites (tertiary alicyclic amines) is 1. The Kier molecular flexibility index (Phi) is 7.05. The van der Waals surface area contributed by atoms with E-state index in [0.29, 0.717) is 43.7 Å². The van der Waals surface area contributed by atoms with E-state index in [2.05, 4.69) is 10.6 Å². The summed E-state index contributed by atoms with van der Waals surface area (Å²) in [6.45, 7) is 3.30. The van der Waals surface area contributed by atoms with Crippen LogP contribution in [0.1, 0.15) is 42.3 Å². The molecule has 2 aromatic rings. The van der Waals surface area contributed by atoms with Gasteiger partial charge in [0.1, 0.15) is 11.8 Å². The van der Waals surface area contributed by atoms with Gasteiger partial charge >= 0.3 is 0 Å². The van der Waals surface area contributed by atoms with Crippen LogP contribution in [0.25, 0.3) is 0 Å². The van der Waals surface area contributed by atoms with Gasteiger partial charge in [-0.3, -0.25) is 14.4 Å². The fourth-order valence-corrected chi connectivity index (χ4v) is 3.61. The molecule has 0 radical (unpaired) electrons. The zero-order chi connectivity index (χ0) is 20.6. The number of amides is 3. The van der Waals surface area contributed by atoms with E-state index in [1.807, 2.05) is 17.9 Å². The number of piperidine rings is 1. The fourth-order valence-electron chi connectivity index (χ4n) is 3.61. The molecule has 154 valence electrons. The van der Waals surface area contributed by atoms with Crippen LogP contribution >= 0.6 is 0 Å². The first-order valence-electron chi connectivity index (χ1n) is 10.0. The van der Waals surface area contributed by atoms with E-state index in [9.17, 15) is 14.4 Å². The van der Waals surface area contributed by atoms with Crippen molar-refractivity contribution in [2.24, 2.45) is 5.92 Å². The standard InChI is InChI=1S/C22H27N3O4/c1-2-19(26)25-12-10-16(11-13-25)20(22(28)23-15-18-9-6-14-29-18)24-21(27)17-7-4-3-5-8-17/h3-9,14,16,20H,2,10-13,15H2,1H3,(H,23,28)(H,24,27)/t20-/m0/s1. The van der Waals surface area contributed by atoms with Crippen LogP contribution in [0.4, 0.5) is 0 Å². The molecule has 1 aromatic heterocycles. The van der Waals surface area contributed by atoms with Crippen molar-refractivity contribution in [3.63, 3.8) is 0 Å². The number of hydrogen-bond acceptors (Lipinski definition) is 4. The molecule has 3 rings (SSSR count). The average Bonchev–Trinajstić information content (AvgIpc) is 3.29. The van der Waals surface area contributed by atoms with Crippen molar-refractivity contribution in [3.8, 4) is 0 Å². The van der Waals surface area contributed by atoms with E-state index < -0.39 is 6.04 Å². The van der Waals surface area contributed by atoms with Crippen molar-refractivity contribution in [1.29, 1.82) is 0 Å². The van der Waals surface area contributed by atoms with Gasteiger partial charge < -0.3 is 20.0 Å². The van der Waals surface area contributed by atoms with Gasteiger partial charge in [0.05, 0.1) is 12.8 Å². The predicted molar refractivity (Wildman–Crippen MR) is 108 cm³/mol. The van der Waals surface area contributed by atoms with Crippen LogP contribution in [0.15, 0.2) is 53.1 Å². The molecule has 0 bridgehead atoms. The maximum absolute atomic E-state index is 12.9. The molecule has 1 atom stereocenters. The highest BCUT2D eigenvalue weighted by molar-refractivity contribution is 5.97. The van der Waals surface area contributed by atoms with Gasteiger partial charge in [-0.25, -0.2) is 0 Å². The molecular weight excluding hydrogens is 370 g/mol. The lowest BCUT2D eigenvalue weighted by Gasteiger charge is -2.35. The minimum atomic E-state index is -0.670. The van der Waals surface area contributed by atoms with Crippen LogP contribution in [-0.4, -0.2) is 41.8 Å². The van der Waals surface area contributed by atoms with Gasteiger partial charge in [0.2, 0.25) is 11.8 Å². The molecule has 3 amide bonds. The quantitative estimate of drug-likeness (QED) is 0.750. The van der Waals surface area contributed by atoms with Crippen LogP contribution in [0, 0.1) is 5.92 Å². The second-order valence-electron chi connectivity index (χ2n) is 7.19. The lowest BCUT2D eigenvalue weighted by Crippen LogP contribution is -2.53. The minimum absolute atomic E-state index is 0.0415. The molecule has 0 aliphatic carbocycles. The monoisotopic (exact) mass is 397 g/mol. The number of hydrogen-bond donors (Lipinski definition) is 2. The van der Waals surface area contributed by atoms with Crippen molar-refractivity contribution >= 4 is 17.7 Å². The summed E-state index contributed by atoms with van der Waals surface area (Å²) in [5.41, 5.74) is 0.509. The van der Waals surface area contributed by atoms with Crippen LogP contribution in [0.3, 0.4) is 0 Å². The summed E-state index contributed by atoms with van der Waals surface area (Å²) in [7, 11) is 0.